The topological polar surface area (TPSA) is 35.8 Å². The van der Waals surface area contributed by atoms with E-state index >= 15 is 0 Å². The Kier molecular flexibility index (Phi) is 4.49. The van der Waals surface area contributed by atoms with Gasteiger partial charge < -0.3 is 5.32 Å². The Balaban J connectivity index is 2.03. The van der Waals surface area contributed by atoms with Crippen LogP contribution in [0.4, 0.5) is 4.39 Å². The fourth-order valence-electron chi connectivity index (χ4n) is 2.06. The van der Waals surface area contributed by atoms with Crippen LogP contribution >= 0.6 is 0 Å². The summed E-state index contributed by atoms with van der Waals surface area (Å²) in [6.07, 6.45) is 0. The third-order valence-corrected chi connectivity index (χ3v) is 3.28. The van der Waals surface area contributed by atoms with Crippen molar-refractivity contribution in [1.82, 2.24) is 5.32 Å². The minimum Gasteiger partial charge on any atom is -0.306 e. The van der Waals surface area contributed by atoms with Gasteiger partial charge in [0.15, 0.2) is 0 Å². The highest BCUT2D eigenvalue weighted by molar-refractivity contribution is 5.33. The molecule has 0 aliphatic rings. The lowest BCUT2D eigenvalue weighted by Gasteiger charge is -2.14. The van der Waals surface area contributed by atoms with Gasteiger partial charge in [0.05, 0.1) is 11.6 Å². The van der Waals surface area contributed by atoms with Gasteiger partial charge in [-0.3, -0.25) is 0 Å². The molecule has 2 aromatic carbocycles. The van der Waals surface area contributed by atoms with E-state index in [0.29, 0.717) is 12.1 Å². The van der Waals surface area contributed by atoms with Gasteiger partial charge in [0.25, 0.3) is 0 Å². The van der Waals surface area contributed by atoms with Crippen LogP contribution in [-0.4, -0.2) is 0 Å². The molecule has 3 heteroatoms. The fraction of sp³-hybridized carbons (Fsp3) is 0.235. The number of benzene rings is 2. The number of hydrogen-bond donors (Lipinski definition) is 1. The number of rotatable bonds is 4. The molecule has 1 atom stereocenters. The van der Waals surface area contributed by atoms with Gasteiger partial charge in [0.2, 0.25) is 0 Å². The van der Waals surface area contributed by atoms with Crippen molar-refractivity contribution in [1.29, 1.82) is 5.26 Å². The Hall–Kier alpha value is -2.18. The monoisotopic (exact) mass is 268 g/mol. The molecule has 0 aromatic heterocycles. The van der Waals surface area contributed by atoms with Gasteiger partial charge in [0.1, 0.15) is 5.82 Å². The average molecular weight is 268 g/mol. The SMILES string of the molecule is Cc1ccc([C@H](C)NCc2cc(F)cc(C#N)c2)cc1. The first-order valence-corrected chi connectivity index (χ1v) is 6.58. The van der Waals surface area contributed by atoms with Crippen molar-refractivity contribution in [2.24, 2.45) is 0 Å². The van der Waals surface area contributed by atoms with Crippen molar-refractivity contribution in [3.63, 3.8) is 0 Å². The summed E-state index contributed by atoms with van der Waals surface area (Å²) in [5, 5.41) is 12.2. The quantitative estimate of drug-likeness (QED) is 0.914. The summed E-state index contributed by atoms with van der Waals surface area (Å²) in [6.45, 7) is 4.65. The van der Waals surface area contributed by atoms with Crippen molar-refractivity contribution in [2.75, 3.05) is 0 Å². The molecular formula is C17H17FN2. The zero-order valence-electron chi connectivity index (χ0n) is 11.7. The number of hydrogen-bond acceptors (Lipinski definition) is 2. The first kappa shape index (κ1) is 14.2. The van der Waals surface area contributed by atoms with Crippen molar-refractivity contribution >= 4 is 0 Å². The van der Waals surface area contributed by atoms with Gasteiger partial charge >= 0.3 is 0 Å². The lowest BCUT2D eigenvalue weighted by atomic mass is 10.1. The van der Waals surface area contributed by atoms with E-state index < -0.39 is 0 Å². The van der Waals surface area contributed by atoms with Crippen molar-refractivity contribution in [3.8, 4) is 6.07 Å². The summed E-state index contributed by atoms with van der Waals surface area (Å²) in [5.74, 6) is -0.371. The molecule has 1 N–H and O–H groups in total. The summed E-state index contributed by atoms with van der Waals surface area (Å²) in [6, 6.07) is 14.9. The van der Waals surface area contributed by atoms with E-state index in [-0.39, 0.29) is 11.9 Å². The summed E-state index contributed by atoms with van der Waals surface area (Å²) in [4.78, 5) is 0. The van der Waals surface area contributed by atoms with Crippen LogP contribution in [0.5, 0.6) is 0 Å². The van der Waals surface area contributed by atoms with Crippen LogP contribution in [0.25, 0.3) is 0 Å². The van der Waals surface area contributed by atoms with Crippen LogP contribution in [0.3, 0.4) is 0 Å². The maximum Gasteiger partial charge on any atom is 0.124 e. The molecule has 2 aromatic rings. The van der Waals surface area contributed by atoms with E-state index in [9.17, 15) is 4.39 Å². The second-order valence-electron chi connectivity index (χ2n) is 4.97. The zero-order valence-corrected chi connectivity index (χ0v) is 11.7. The highest BCUT2D eigenvalue weighted by atomic mass is 19.1. The highest BCUT2D eigenvalue weighted by Crippen LogP contribution is 2.15. The lowest BCUT2D eigenvalue weighted by molar-refractivity contribution is 0.569. The van der Waals surface area contributed by atoms with Crippen LogP contribution in [0, 0.1) is 24.1 Å². The van der Waals surface area contributed by atoms with E-state index in [4.69, 9.17) is 5.26 Å². The maximum atomic E-state index is 13.3. The van der Waals surface area contributed by atoms with Gasteiger partial charge in [-0.15, -0.1) is 0 Å². The van der Waals surface area contributed by atoms with E-state index in [2.05, 4.69) is 43.4 Å². The van der Waals surface area contributed by atoms with Gasteiger partial charge in [-0.1, -0.05) is 29.8 Å². The Bertz CT molecular complexity index is 626. The summed E-state index contributed by atoms with van der Waals surface area (Å²) in [5.41, 5.74) is 3.54. The van der Waals surface area contributed by atoms with Crippen LogP contribution in [0.15, 0.2) is 42.5 Å². The molecule has 102 valence electrons. The molecule has 0 amide bonds. The lowest BCUT2D eigenvalue weighted by Crippen LogP contribution is -2.18. The molecule has 2 nitrogen and oxygen atoms in total. The normalized spacial score (nSPS) is 11.9. The van der Waals surface area contributed by atoms with E-state index in [1.165, 1.54) is 23.3 Å². The minimum absolute atomic E-state index is 0.171. The van der Waals surface area contributed by atoms with Crippen LogP contribution in [0.2, 0.25) is 0 Å². The maximum absolute atomic E-state index is 13.3. The molecule has 0 saturated carbocycles. The average Bonchev–Trinajstić information content (AvgIpc) is 2.45. The molecule has 0 aliphatic heterocycles. The highest BCUT2D eigenvalue weighted by Gasteiger charge is 2.06. The first-order chi connectivity index (χ1) is 9.58. The predicted molar refractivity (Wildman–Crippen MR) is 77.5 cm³/mol. The molecule has 0 bridgehead atoms. The summed E-state index contributed by atoms with van der Waals surface area (Å²) < 4.78 is 13.3. The summed E-state index contributed by atoms with van der Waals surface area (Å²) in [7, 11) is 0. The van der Waals surface area contributed by atoms with Crippen LogP contribution < -0.4 is 5.32 Å². The van der Waals surface area contributed by atoms with Crippen molar-refractivity contribution < 1.29 is 4.39 Å². The molecule has 0 heterocycles. The largest absolute Gasteiger partial charge is 0.306 e. The Labute approximate surface area is 118 Å². The number of aryl methyl sites for hydroxylation is 1. The number of nitrogens with one attached hydrogen (secondary N) is 1. The van der Waals surface area contributed by atoms with E-state index in [1.54, 1.807) is 6.07 Å². The van der Waals surface area contributed by atoms with Crippen molar-refractivity contribution in [2.45, 2.75) is 26.4 Å². The Morgan fingerprint density at radius 3 is 2.55 bits per heavy atom. The molecule has 0 saturated heterocycles. The Morgan fingerprint density at radius 1 is 1.20 bits per heavy atom. The minimum atomic E-state index is -0.371. The van der Waals surface area contributed by atoms with Crippen LogP contribution in [-0.2, 0) is 6.54 Å². The number of halogens is 1. The molecule has 0 spiro atoms. The number of nitriles is 1. The molecule has 0 fully saturated rings. The van der Waals surface area contributed by atoms with Gasteiger partial charge in [0, 0.05) is 12.6 Å². The molecule has 20 heavy (non-hydrogen) atoms. The fourth-order valence-corrected chi connectivity index (χ4v) is 2.06. The second kappa shape index (κ2) is 6.31. The predicted octanol–water partition coefficient (Wildman–Crippen LogP) is 3.86. The smallest absolute Gasteiger partial charge is 0.124 e. The van der Waals surface area contributed by atoms with E-state index in [1.807, 2.05) is 6.07 Å². The van der Waals surface area contributed by atoms with E-state index in [0.717, 1.165) is 5.56 Å². The molecular weight excluding hydrogens is 251 g/mol. The molecule has 0 aliphatic carbocycles. The van der Waals surface area contributed by atoms with Gasteiger partial charge in [-0.05, 0) is 43.2 Å². The van der Waals surface area contributed by atoms with Gasteiger partial charge in [-0.25, -0.2) is 4.39 Å². The third kappa shape index (κ3) is 3.66. The molecule has 0 radical (unpaired) electrons. The van der Waals surface area contributed by atoms with Gasteiger partial charge in [-0.2, -0.15) is 5.26 Å². The van der Waals surface area contributed by atoms with Crippen LogP contribution in [0.1, 0.15) is 35.2 Å². The van der Waals surface area contributed by atoms with Crippen molar-refractivity contribution in [3.05, 3.63) is 70.5 Å². The molecule has 0 unspecified atom stereocenters. The number of nitrogens with zero attached hydrogens (tertiary/aromatic N) is 1. The summed E-state index contributed by atoms with van der Waals surface area (Å²) >= 11 is 0. The Morgan fingerprint density at radius 2 is 1.90 bits per heavy atom. The second-order valence-corrected chi connectivity index (χ2v) is 4.97. The standard InChI is InChI=1S/C17H17FN2/c1-12-3-5-16(6-4-12)13(2)20-11-15-7-14(10-19)8-17(18)9-15/h3-9,13,20H,11H2,1-2H3/t13-/m0/s1. The zero-order chi connectivity index (χ0) is 14.5. The molecule has 2 rings (SSSR count). The first-order valence-electron chi connectivity index (χ1n) is 6.58. The third-order valence-electron chi connectivity index (χ3n) is 3.28.